The number of amides is 4. The van der Waals surface area contributed by atoms with Crippen LogP contribution in [0.15, 0.2) is 48.1 Å². The predicted octanol–water partition coefficient (Wildman–Crippen LogP) is 4.14. The van der Waals surface area contributed by atoms with Crippen molar-refractivity contribution in [3.63, 3.8) is 0 Å². The van der Waals surface area contributed by atoms with Crippen molar-refractivity contribution in [2.45, 2.75) is 110 Å². The van der Waals surface area contributed by atoms with Gasteiger partial charge in [0.25, 0.3) is 5.91 Å². The van der Waals surface area contributed by atoms with Gasteiger partial charge in [-0.15, -0.1) is 11.3 Å². The van der Waals surface area contributed by atoms with Gasteiger partial charge in [-0.05, 0) is 50.3 Å². The number of carbonyl (C=O) groups is 4. The lowest BCUT2D eigenvalue weighted by atomic mass is 9.85. The Morgan fingerprint density at radius 3 is 2.32 bits per heavy atom. The van der Waals surface area contributed by atoms with E-state index in [0.29, 0.717) is 24.5 Å². The fourth-order valence-electron chi connectivity index (χ4n) is 6.08. The third kappa shape index (κ3) is 10.9. The summed E-state index contributed by atoms with van der Waals surface area (Å²) in [5.74, 6) is -0.665. The standard InChI is InChI=1S/C38H50N6O8S/c1-22-32(53-21-41-22)24-10-8-23(9-11-24)17-40-34(47)29-16-26(45)19-44(29)35(48)33(37(2,3)4)43-30(46)20-50-27-12-13-31(39-18-27)51-28-14-25(15-28)42-36(49)52-38(5,6)7/h8-13,18,21,25-26,28-29,33,45H,14-17,19-20H2,1-7H3,(H,40,47)(H,42,49)(H,43,46)/t25?,26-,28?,29+,33-/m1/s1. The molecule has 286 valence electrons. The minimum atomic E-state index is -0.994. The lowest BCUT2D eigenvalue weighted by molar-refractivity contribution is -0.144. The van der Waals surface area contributed by atoms with Gasteiger partial charge in [-0.3, -0.25) is 14.4 Å². The number of aryl methyl sites for hydroxylation is 1. The molecule has 14 nitrogen and oxygen atoms in total. The first-order valence-electron chi connectivity index (χ1n) is 17.7. The number of likely N-dealkylation sites (tertiary alicyclic amines) is 1. The lowest BCUT2D eigenvalue weighted by Crippen LogP contribution is -2.58. The van der Waals surface area contributed by atoms with Crippen LogP contribution in [0, 0.1) is 12.3 Å². The predicted molar refractivity (Wildman–Crippen MR) is 198 cm³/mol. The Kier molecular flexibility index (Phi) is 12.3. The van der Waals surface area contributed by atoms with Gasteiger partial charge in [-0.25, -0.2) is 14.8 Å². The number of aliphatic hydroxyl groups excluding tert-OH is 1. The molecule has 3 aromatic rings. The summed E-state index contributed by atoms with van der Waals surface area (Å²) >= 11 is 1.57. The number of nitrogens with one attached hydrogen (secondary N) is 3. The van der Waals surface area contributed by atoms with E-state index in [0.717, 1.165) is 21.7 Å². The molecule has 1 aliphatic carbocycles. The summed E-state index contributed by atoms with van der Waals surface area (Å²) in [4.78, 5) is 63.3. The fraction of sp³-hybridized carbons (Fsp3) is 0.526. The van der Waals surface area contributed by atoms with E-state index in [2.05, 4.69) is 25.9 Å². The van der Waals surface area contributed by atoms with E-state index < -0.39 is 47.1 Å². The highest BCUT2D eigenvalue weighted by atomic mass is 32.1. The van der Waals surface area contributed by atoms with Crippen molar-refractivity contribution >= 4 is 35.2 Å². The maximum absolute atomic E-state index is 13.9. The zero-order valence-corrected chi connectivity index (χ0v) is 32.1. The number of rotatable bonds is 12. The van der Waals surface area contributed by atoms with E-state index in [1.54, 1.807) is 23.5 Å². The number of hydrogen-bond donors (Lipinski definition) is 4. The van der Waals surface area contributed by atoms with Crippen molar-refractivity contribution in [1.82, 2.24) is 30.8 Å². The SMILES string of the molecule is Cc1ncsc1-c1ccc(CNC(=O)[C@@H]2C[C@@H](O)CN2C(=O)[C@@H](NC(=O)COc2ccc(OC3CC(NC(=O)OC(C)(C)C)C3)nc2)C(C)(C)C)cc1. The number of aliphatic hydroxyl groups is 1. The van der Waals surface area contributed by atoms with Crippen LogP contribution in [0.1, 0.15) is 72.1 Å². The van der Waals surface area contributed by atoms with Gasteiger partial charge >= 0.3 is 6.09 Å². The molecule has 1 aromatic carbocycles. The van der Waals surface area contributed by atoms with Gasteiger partial charge in [-0.2, -0.15) is 0 Å². The maximum Gasteiger partial charge on any atom is 0.407 e. The van der Waals surface area contributed by atoms with Crippen molar-refractivity contribution in [3.05, 3.63) is 59.4 Å². The average Bonchev–Trinajstić information content (AvgIpc) is 3.68. The summed E-state index contributed by atoms with van der Waals surface area (Å²) in [7, 11) is 0. The van der Waals surface area contributed by atoms with Crippen molar-refractivity contribution < 1.29 is 38.5 Å². The molecule has 2 fully saturated rings. The number of nitrogens with zero attached hydrogens (tertiary/aromatic N) is 3. The highest BCUT2D eigenvalue weighted by Gasteiger charge is 2.44. The number of carbonyl (C=O) groups excluding carboxylic acids is 4. The van der Waals surface area contributed by atoms with E-state index in [1.807, 2.05) is 78.2 Å². The van der Waals surface area contributed by atoms with Gasteiger partial charge < -0.3 is 40.2 Å². The van der Waals surface area contributed by atoms with Crippen LogP contribution in [0.5, 0.6) is 11.6 Å². The first-order valence-corrected chi connectivity index (χ1v) is 18.6. The molecule has 0 radical (unpaired) electrons. The molecule has 1 saturated carbocycles. The number of β-amino-alcohol motifs (C(OH)–C–C–N with tert-alkyl or cyclic N) is 1. The summed E-state index contributed by atoms with van der Waals surface area (Å²) in [6, 6.07) is 9.18. The zero-order valence-electron chi connectivity index (χ0n) is 31.3. The molecular formula is C38H50N6O8S. The molecule has 5 rings (SSSR count). The largest absolute Gasteiger partial charge is 0.482 e. The van der Waals surface area contributed by atoms with E-state index >= 15 is 0 Å². The van der Waals surface area contributed by atoms with E-state index in [4.69, 9.17) is 14.2 Å². The maximum atomic E-state index is 13.9. The molecule has 1 aliphatic heterocycles. The molecule has 53 heavy (non-hydrogen) atoms. The van der Waals surface area contributed by atoms with E-state index in [9.17, 15) is 24.3 Å². The molecule has 4 N–H and O–H groups in total. The van der Waals surface area contributed by atoms with Crippen LogP contribution < -0.4 is 25.4 Å². The van der Waals surface area contributed by atoms with E-state index in [-0.39, 0.29) is 44.2 Å². The second-order valence-corrected chi connectivity index (χ2v) is 16.5. The molecule has 0 unspecified atom stereocenters. The first-order chi connectivity index (χ1) is 24.9. The number of hydrogen-bond acceptors (Lipinski definition) is 11. The molecule has 3 atom stereocenters. The summed E-state index contributed by atoms with van der Waals surface area (Å²) in [5, 5.41) is 19.0. The Morgan fingerprint density at radius 1 is 1.00 bits per heavy atom. The molecule has 3 heterocycles. The van der Waals surface area contributed by atoms with Gasteiger partial charge in [0.2, 0.25) is 17.7 Å². The highest BCUT2D eigenvalue weighted by molar-refractivity contribution is 7.13. The number of aromatic nitrogens is 2. The average molecular weight is 751 g/mol. The molecule has 0 spiro atoms. The molecule has 1 saturated heterocycles. The Bertz CT molecular complexity index is 1750. The van der Waals surface area contributed by atoms with Gasteiger partial charge in [-0.1, -0.05) is 45.0 Å². The normalized spacial score (nSPS) is 20.5. The molecule has 4 amide bonds. The Morgan fingerprint density at radius 2 is 1.72 bits per heavy atom. The van der Waals surface area contributed by atoms with Crippen LogP contribution in [0.2, 0.25) is 0 Å². The van der Waals surface area contributed by atoms with Crippen LogP contribution in [0.3, 0.4) is 0 Å². The third-order valence-corrected chi connectivity index (χ3v) is 9.87. The Hall–Kier alpha value is -4.76. The van der Waals surface area contributed by atoms with Gasteiger partial charge in [0.05, 0.1) is 28.4 Å². The first kappa shape index (κ1) is 39.4. The molecule has 2 aliphatic rings. The minimum Gasteiger partial charge on any atom is -0.482 e. The van der Waals surface area contributed by atoms with Crippen LogP contribution in [-0.4, -0.2) is 92.9 Å². The van der Waals surface area contributed by atoms with Gasteiger partial charge in [0, 0.05) is 44.5 Å². The van der Waals surface area contributed by atoms with Crippen LogP contribution in [-0.2, 0) is 25.7 Å². The topological polar surface area (TPSA) is 181 Å². The molecular weight excluding hydrogens is 701 g/mol. The number of pyridine rings is 1. The number of benzene rings is 1. The fourth-order valence-corrected chi connectivity index (χ4v) is 6.89. The second kappa shape index (κ2) is 16.5. The Labute approximate surface area is 314 Å². The molecule has 15 heteroatoms. The second-order valence-electron chi connectivity index (χ2n) is 15.6. The number of thiazole rings is 1. The molecule has 2 aromatic heterocycles. The zero-order chi connectivity index (χ0) is 38.5. The summed E-state index contributed by atoms with van der Waals surface area (Å²) in [6.07, 6.45) is 1.33. The highest BCUT2D eigenvalue weighted by Crippen LogP contribution is 2.29. The number of ether oxygens (including phenoxy) is 3. The van der Waals surface area contributed by atoms with Crippen LogP contribution in [0.4, 0.5) is 4.79 Å². The van der Waals surface area contributed by atoms with Crippen molar-refractivity contribution in [2.75, 3.05) is 13.2 Å². The molecule has 0 bridgehead atoms. The van der Waals surface area contributed by atoms with E-state index in [1.165, 1.54) is 11.1 Å². The van der Waals surface area contributed by atoms with Gasteiger partial charge in [0.15, 0.2) is 6.61 Å². The van der Waals surface area contributed by atoms with Crippen molar-refractivity contribution in [3.8, 4) is 22.1 Å². The van der Waals surface area contributed by atoms with Crippen molar-refractivity contribution in [2.24, 2.45) is 5.41 Å². The van der Waals surface area contributed by atoms with Crippen molar-refractivity contribution in [1.29, 1.82) is 0 Å². The Balaban J connectivity index is 1.09. The smallest absolute Gasteiger partial charge is 0.407 e. The van der Waals surface area contributed by atoms with Gasteiger partial charge in [0.1, 0.15) is 29.5 Å². The third-order valence-electron chi connectivity index (χ3n) is 8.89. The van der Waals surface area contributed by atoms with Crippen LogP contribution in [0.25, 0.3) is 10.4 Å². The summed E-state index contributed by atoms with van der Waals surface area (Å²) in [6.45, 7) is 12.7. The lowest BCUT2D eigenvalue weighted by Gasteiger charge is -2.35. The summed E-state index contributed by atoms with van der Waals surface area (Å²) in [5.41, 5.74) is 3.42. The van der Waals surface area contributed by atoms with Crippen LogP contribution >= 0.6 is 11.3 Å². The number of alkyl carbamates (subject to hydrolysis) is 1. The quantitative estimate of drug-likeness (QED) is 0.210. The summed E-state index contributed by atoms with van der Waals surface area (Å²) < 4.78 is 16.8. The monoisotopic (exact) mass is 750 g/mol. The minimum absolute atomic E-state index is 0.0272.